The standard InChI is InChI=1S/C9H19FO/c1-2-9(11)7-5-3-4-6-8-10/h9,11H,2-8H2,1H3. The van der Waals surface area contributed by atoms with Crippen LogP contribution in [-0.2, 0) is 0 Å². The lowest BCUT2D eigenvalue weighted by molar-refractivity contribution is 0.156. The lowest BCUT2D eigenvalue weighted by Crippen LogP contribution is -2.03. The maximum absolute atomic E-state index is 11.6. The first-order valence-electron chi connectivity index (χ1n) is 4.55. The van der Waals surface area contributed by atoms with Crippen LogP contribution in [0.4, 0.5) is 4.39 Å². The van der Waals surface area contributed by atoms with Crippen LogP contribution in [0.15, 0.2) is 0 Å². The first-order chi connectivity index (χ1) is 5.31. The second-order valence-electron chi connectivity index (χ2n) is 2.95. The topological polar surface area (TPSA) is 20.2 Å². The number of aliphatic hydroxyl groups is 1. The molecule has 1 N–H and O–H groups in total. The molecule has 1 atom stereocenters. The van der Waals surface area contributed by atoms with Gasteiger partial charge in [-0.05, 0) is 19.3 Å². The smallest absolute Gasteiger partial charge is 0.0894 e. The fourth-order valence-corrected chi connectivity index (χ4v) is 1.03. The number of rotatable bonds is 7. The number of alkyl halides is 1. The zero-order chi connectivity index (χ0) is 8.53. The zero-order valence-electron chi connectivity index (χ0n) is 7.35. The third-order valence-corrected chi connectivity index (χ3v) is 1.89. The van der Waals surface area contributed by atoms with Crippen LogP contribution >= 0.6 is 0 Å². The van der Waals surface area contributed by atoms with Gasteiger partial charge in [-0.25, -0.2) is 0 Å². The van der Waals surface area contributed by atoms with Crippen molar-refractivity contribution in [2.24, 2.45) is 0 Å². The summed E-state index contributed by atoms with van der Waals surface area (Å²) in [7, 11) is 0. The van der Waals surface area contributed by atoms with Gasteiger partial charge < -0.3 is 5.11 Å². The van der Waals surface area contributed by atoms with E-state index in [4.69, 9.17) is 5.11 Å². The quantitative estimate of drug-likeness (QED) is 0.571. The van der Waals surface area contributed by atoms with E-state index < -0.39 is 0 Å². The first kappa shape index (κ1) is 10.9. The van der Waals surface area contributed by atoms with Crippen molar-refractivity contribution in [1.82, 2.24) is 0 Å². The summed E-state index contributed by atoms with van der Waals surface area (Å²) in [4.78, 5) is 0. The third kappa shape index (κ3) is 7.79. The zero-order valence-corrected chi connectivity index (χ0v) is 7.35. The SMILES string of the molecule is CCC(O)CCCCCCF. The molecule has 0 amide bonds. The molecule has 0 aromatic carbocycles. The Morgan fingerprint density at radius 1 is 1.18 bits per heavy atom. The average molecular weight is 162 g/mol. The summed E-state index contributed by atoms with van der Waals surface area (Å²) in [6.45, 7) is 1.78. The fourth-order valence-electron chi connectivity index (χ4n) is 1.03. The van der Waals surface area contributed by atoms with Crippen LogP contribution in [-0.4, -0.2) is 17.9 Å². The van der Waals surface area contributed by atoms with Gasteiger partial charge in [0.25, 0.3) is 0 Å². The van der Waals surface area contributed by atoms with E-state index in [1.165, 1.54) is 0 Å². The Bertz CT molecular complexity index is 76.0. The molecule has 11 heavy (non-hydrogen) atoms. The van der Waals surface area contributed by atoms with Crippen LogP contribution in [0.25, 0.3) is 0 Å². The van der Waals surface area contributed by atoms with Crippen LogP contribution in [0, 0.1) is 0 Å². The molecule has 0 bridgehead atoms. The van der Waals surface area contributed by atoms with Crippen LogP contribution in [0.5, 0.6) is 0 Å². The minimum Gasteiger partial charge on any atom is -0.393 e. The second-order valence-corrected chi connectivity index (χ2v) is 2.95. The van der Waals surface area contributed by atoms with Crippen LogP contribution in [0.3, 0.4) is 0 Å². The van der Waals surface area contributed by atoms with E-state index in [1.54, 1.807) is 0 Å². The van der Waals surface area contributed by atoms with Gasteiger partial charge in [-0.3, -0.25) is 4.39 Å². The molecule has 0 saturated carbocycles. The minimum atomic E-state index is -0.198. The van der Waals surface area contributed by atoms with Crippen LogP contribution in [0.1, 0.15) is 45.4 Å². The van der Waals surface area contributed by atoms with E-state index in [2.05, 4.69) is 0 Å². The molecule has 0 heterocycles. The summed E-state index contributed by atoms with van der Waals surface area (Å²) in [5, 5.41) is 9.14. The Hall–Kier alpha value is -0.110. The van der Waals surface area contributed by atoms with Crippen molar-refractivity contribution >= 4 is 0 Å². The van der Waals surface area contributed by atoms with E-state index in [1.807, 2.05) is 6.92 Å². The molecule has 0 aliphatic rings. The lowest BCUT2D eigenvalue weighted by Gasteiger charge is -2.05. The maximum Gasteiger partial charge on any atom is 0.0894 e. The normalized spacial score (nSPS) is 13.4. The monoisotopic (exact) mass is 162 g/mol. The number of halogens is 1. The van der Waals surface area contributed by atoms with Gasteiger partial charge in [0, 0.05) is 0 Å². The highest BCUT2D eigenvalue weighted by atomic mass is 19.1. The highest BCUT2D eigenvalue weighted by Gasteiger charge is 1.98. The lowest BCUT2D eigenvalue weighted by atomic mass is 10.1. The third-order valence-electron chi connectivity index (χ3n) is 1.89. The molecule has 0 aliphatic heterocycles. The van der Waals surface area contributed by atoms with E-state index in [0.717, 1.165) is 32.1 Å². The molecule has 0 spiro atoms. The van der Waals surface area contributed by atoms with Gasteiger partial charge in [0.15, 0.2) is 0 Å². The molecule has 0 aromatic heterocycles. The molecule has 0 rings (SSSR count). The molecule has 1 nitrogen and oxygen atoms in total. The Kier molecular flexibility index (Phi) is 7.91. The summed E-state index contributed by atoms with van der Waals surface area (Å²) >= 11 is 0. The molecule has 0 radical (unpaired) electrons. The molecule has 0 saturated heterocycles. The molecule has 1 unspecified atom stereocenters. The van der Waals surface area contributed by atoms with Gasteiger partial charge in [0.1, 0.15) is 0 Å². The van der Waals surface area contributed by atoms with Gasteiger partial charge in [-0.2, -0.15) is 0 Å². The maximum atomic E-state index is 11.6. The fraction of sp³-hybridized carbons (Fsp3) is 1.00. The van der Waals surface area contributed by atoms with Crippen molar-refractivity contribution in [2.45, 2.75) is 51.6 Å². The predicted molar refractivity (Wildman–Crippen MR) is 45.4 cm³/mol. The molecule has 0 aliphatic carbocycles. The van der Waals surface area contributed by atoms with E-state index in [0.29, 0.717) is 6.42 Å². The molecule has 0 fully saturated rings. The summed E-state index contributed by atoms with van der Waals surface area (Å²) in [6.07, 6.45) is 5.32. The highest BCUT2D eigenvalue weighted by molar-refractivity contribution is 4.52. The van der Waals surface area contributed by atoms with E-state index in [-0.39, 0.29) is 12.8 Å². The first-order valence-corrected chi connectivity index (χ1v) is 4.55. The van der Waals surface area contributed by atoms with Gasteiger partial charge in [-0.1, -0.05) is 26.2 Å². The summed E-state index contributed by atoms with van der Waals surface area (Å²) in [5.41, 5.74) is 0. The van der Waals surface area contributed by atoms with E-state index in [9.17, 15) is 4.39 Å². The largest absolute Gasteiger partial charge is 0.393 e. The molecular weight excluding hydrogens is 143 g/mol. The highest BCUT2D eigenvalue weighted by Crippen LogP contribution is 2.07. The van der Waals surface area contributed by atoms with Crippen LogP contribution in [0.2, 0.25) is 0 Å². The second kappa shape index (κ2) is 7.99. The van der Waals surface area contributed by atoms with Crippen molar-refractivity contribution in [1.29, 1.82) is 0 Å². The van der Waals surface area contributed by atoms with Crippen LogP contribution < -0.4 is 0 Å². The number of aliphatic hydroxyl groups excluding tert-OH is 1. The molecular formula is C9H19FO. The molecule has 2 heteroatoms. The van der Waals surface area contributed by atoms with Gasteiger partial charge in [-0.15, -0.1) is 0 Å². The van der Waals surface area contributed by atoms with Crippen molar-refractivity contribution in [3.05, 3.63) is 0 Å². The number of hydrogen-bond acceptors (Lipinski definition) is 1. The minimum absolute atomic E-state index is 0.139. The van der Waals surface area contributed by atoms with E-state index >= 15 is 0 Å². The Labute approximate surface area is 68.6 Å². The summed E-state index contributed by atoms with van der Waals surface area (Å²) in [6, 6.07) is 0. The van der Waals surface area contributed by atoms with Crippen molar-refractivity contribution < 1.29 is 9.50 Å². The summed E-state index contributed by atoms with van der Waals surface area (Å²) < 4.78 is 11.6. The predicted octanol–water partition coefficient (Wildman–Crippen LogP) is 2.68. The van der Waals surface area contributed by atoms with Gasteiger partial charge >= 0.3 is 0 Å². The Morgan fingerprint density at radius 2 is 1.82 bits per heavy atom. The Morgan fingerprint density at radius 3 is 2.36 bits per heavy atom. The van der Waals surface area contributed by atoms with Crippen molar-refractivity contribution in [3.63, 3.8) is 0 Å². The Balaban J connectivity index is 2.89. The number of unbranched alkanes of at least 4 members (excludes halogenated alkanes) is 3. The van der Waals surface area contributed by atoms with Crippen molar-refractivity contribution in [3.8, 4) is 0 Å². The summed E-state index contributed by atoms with van der Waals surface area (Å²) in [5.74, 6) is 0. The molecule has 0 aromatic rings. The van der Waals surface area contributed by atoms with Gasteiger partial charge in [0.05, 0.1) is 12.8 Å². The average Bonchev–Trinajstić information content (AvgIpc) is 2.04. The van der Waals surface area contributed by atoms with Crippen molar-refractivity contribution in [2.75, 3.05) is 6.67 Å². The molecule has 68 valence electrons. The number of hydrogen-bond donors (Lipinski definition) is 1. The van der Waals surface area contributed by atoms with Gasteiger partial charge in [0.2, 0.25) is 0 Å².